The molecule has 0 unspecified atom stereocenters. The summed E-state index contributed by atoms with van der Waals surface area (Å²) in [6.07, 6.45) is 5.57. The van der Waals surface area contributed by atoms with Gasteiger partial charge in [-0.1, -0.05) is 54.6 Å². The Hall–Kier alpha value is -2.96. The maximum absolute atomic E-state index is 9.19. The molecule has 116 valence electrons. The van der Waals surface area contributed by atoms with Crippen molar-refractivity contribution >= 4 is 18.4 Å². The molecule has 0 saturated carbocycles. The third-order valence-corrected chi connectivity index (χ3v) is 3.98. The van der Waals surface area contributed by atoms with E-state index >= 15 is 0 Å². The quantitative estimate of drug-likeness (QED) is 0.565. The van der Waals surface area contributed by atoms with E-state index in [2.05, 4.69) is 9.97 Å². The lowest BCUT2D eigenvalue weighted by atomic mass is 9.80. The number of imidazole rings is 1. The number of rotatable bonds is 3. The Balaban J connectivity index is 1.80. The monoisotopic (exact) mass is 315 g/mol. The second-order valence-corrected chi connectivity index (χ2v) is 5.52. The minimum absolute atomic E-state index is 0.459. The molecule has 0 radical (unpaired) electrons. The van der Waals surface area contributed by atoms with Crippen LogP contribution in [0.15, 0.2) is 73.2 Å². The lowest BCUT2D eigenvalue weighted by Gasteiger charge is -2.06. The number of benzene rings is 2. The van der Waals surface area contributed by atoms with Crippen LogP contribution in [0.1, 0.15) is 0 Å². The van der Waals surface area contributed by atoms with E-state index in [1.54, 1.807) is 18.3 Å². The first kappa shape index (κ1) is 14.6. The predicted molar refractivity (Wildman–Crippen MR) is 93.7 cm³/mol. The van der Waals surface area contributed by atoms with Crippen LogP contribution in [-0.4, -0.2) is 31.5 Å². The standard InChI is InChI=1S/C18H14BN3O2/c23-19(24)16-8-6-13(7-9-16)15-10-20-18-21-11-17(22(18)12-15)14-4-2-1-3-5-14/h1-12,23-24H. The fraction of sp³-hybridized carbons (Fsp3) is 0. The Labute approximate surface area is 139 Å². The van der Waals surface area contributed by atoms with Gasteiger partial charge in [0, 0.05) is 23.5 Å². The van der Waals surface area contributed by atoms with E-state index in [-0.39, 0.29) is 0 Å². The number of nitrogens with zero attached hydrogens (tertiary/aromatic N) is 3. The molecule has 6 heteroatoms. The van der Waals surface area contributed by atoms with Crippen molar-refractivity contribution in [2.24, 2.45) is 0 Å². The van der Waals surface area contributed by atoms with Crippen LogP contribution in [0.25, 0.3) is 28.2 Å². The molecule has 2 aromatic heterocycles. The van der Waals surface area contributed by atoms with Gasteiger partial charge in [0.2, 0.25) is 5.78 Å². The van der Waals surface area contributed by atoms with Gasteiger partial charge >= 0.3 is 7.12 Å². The maximum atomic E-state index is 9.19. The zero-order valence-electron chi connectivity index (χ0n) is 12.7. The second-order valence-electron chi connectivity index (χ2n) is 5.52. The average Bonchev–Trinajstić information content (AvgIpc) is 3.05. The first-order chi connectivity index (χ1) is 11.7. The summed E-state index contributed by atoms with van der Waals surface area (Å²) in [5.74, 6) is 0.639. The lowest BCUT2D eigenvalue weighted by molar-refractivity contribution is 0.426. The number of fused-ring (bicyclic) bond motifs is 1. The molecule has 4 aromatic rings. The minimum Gasteiger partial charge on any atom is -0.423 e. The molecule has 0 atom stereocenters. The molecule has 2 heterocycles. The molecule has 2 N–H and O–H groups in total. The van der Waals surface area contributed by atoms with E-state index in [0.717, 1.165) is 22.4 Å². The van der Waals surface area contributed by atoms with Crippen LogP contribution in [0.4, 0.5) is 0 Å². The highest BCUT2D eigenvalue weighted by atomic mass is 16.4. The molecular formula is C18H14BN3O2. The van der Waals surface area contributed by atoms with Crippen LogP contribution in [0.3, 0.4) is 0 Å². The van der Waals surface area contributed by atoms with Crippen molar-refractivity contribution in [2.75, 3.05) is 0 Å². The highest BCUT2D eigenvalue weighted by molar-refractivity contribution is 6.58. The maximum Gasteiger partial charge on any atom is 0.488 e. The molecule has 4 rings (SSSR count). The fourth-order valence-corrected chi connectivity index (χ4v) is 2.69. The van der Waals surface area contributed by atoms with Crippen LogP contribution in [0.2, 0.25) is 0 Å². The smallest absolute Gasteiger partial charge is 0.423 e. The average molecular weight is 315 g/mol. The Kier molecular flexibility index (Phi) is 3.61. The predicted octanol–water partition coefficient (Wildman–Crippen LogP) is 1.74. The number of hydrogen-bond donors (Lipinski definition) is 2. The summed E-state index contributed by atoms with van der Waals surface area (Å²) in [6, 6.07) is 17.1. The van der Waals surface area contributed by atoms with Crippen molar-refractivity contribution in [2.45, 2.75) is 0 Å². The summed E-state index contributed by atoms with van der Waals surface area (Å²) in [7, 11) is -1.46. The normalized spacial score (nSPS) is 10.9. The van der Waals surface area contributed by atoms with Crippen molar-refractivity contribution in [3.05, 3.63) is 73.2 Å². The molecule has 24 heavy (non-hydrogen) atoms. The number of aromatic nitrogens is 3. The molecule has 0 bridgehead atoms. The van der Waals surface area contributed by atoms with E-state index in [1.165, 1.54) is 0 Å². The van der Waals surface area contributed by atoms with Gasteiger partial charge < -0.3 is 10.0 Å². The van der Waals surface area contributed by atoms with Crippen molar-refractivity contribution in [1.29, 1.82) is 0 Å². The van der Waals surface area contributed by atoms with E-state index in [1.807, 2.05) is 59.3 Å². The lowest BCUT2D eigenvalue weighted by Crippen LogP contribution is -2.29. The number of hydrogen-bond acceptors (Lipinski definition) is 4. The van der Waals surface area contributed by atoms with Crippen molar-refractivity contribution in [1.82, 2.24) is 14.4 Å². The van der Waals surface area contributed by atoms with Gasteiger partial charge in [-0.15, -0.1) is 0 Å². The van der Waals surface area contributed by atoms with Gasteiger partial charge in [-0.25, -0.2) is 9.97 Å². The third-order valence-electron chi connectivity index (χ3n) is 3.98. The van der Waals surface area contributed by atoms with Gasteiger partial charge in [-0.05, 0) is 11.0 Å². The molecule has 0 saturated heterocycles. The molecular weight excluding hydrogens is 301 g/mol. The highest BCUT2D eigenvalue weighted by Gasteiger charge is 2.11. The van der Waals surface area contributed by atoms with Gasteiger partial charge in [-0.2, -0.15) is 0 Å². The van der Waals surface area contributed by atoms with Crippen molar-refractivity contribution in [3.8, 4) is 22.4 Å². The first-order valence-electron chi connectivity index (χ1n) is 7.57. The zero-order chi connectivity index (χ0) is 16.5. The SMILES string of the molecule is OB(O)c1ccc(-c2cnc3ncc(-c4ccccc4)n3c2)cc1. The molecule has 0 spiro atoms. The van der Waals surface area contributed by atoms with Crippen LogP contribution in [0.5, 0.6) is 0 Å². The van der Waals surface area contributed by atoms with E-state index < -0.39 is 7.12 Å². The second kappa shape index (κ2) is 5.92. The summed E-state index contributed by atoms with van der Waals surface area (Å²) in [4.78, 5) is 8.77. The van der Waals surface area contributed by atoms with Crippen LogP contribution in [-0.2, 0) is 0 Å². The molecule has 0 aliphatic carbocycles. The minimum atomic E-state index is -1.46. The molecule has 2 aromatic carbocycles. The largest absolute Gasteiger partial charge is 0.488 e. The summed E-state index contributed by atoms with van der Waals surface area (Å²) < 4.78 is 1.96. The van der Waals surface area contributed by atoms with Gasteiger partial charge in [0.25, 0.3) is 0 Å². The summed E-state index contributed by atoms with van der Waals surface area (Å²) in [5.41, 5.74) is 4.38. The summed E-state index contributed by atoms with van der Waals surface area (Å²) >= 11 is 0. The molecule has 0 aliphatic rings. The fourth-order valence-electron chi connectivity index (χ4n) is 2.69. The van der Waals surface area contributed by atoms with Gasteiger partial charge in [-0.3, -0.25) is 4.40 Å². The Morgan fingerprint density at radius 2 is 1.46 bits per heavy atom. The Bertz CT molecular complexity index is 982. The third kappa shape index (κ3) is 2.58. The van der Waals surface area contributed by atoms with Crippen molar-refractivity contribution < 1.29 is 10.0 Å². The Morgan fingerprint density at radius 1 is 0.750 bits per heavy atom. The topological polar surface area (TPSA) is 70.7 Å². The van der Waals surface area contributed by atoms with Gasteiger partial charge in [0.15, 0.2) is 0 Å². The van der Waals surface area contributed by atoms with Crippen molar-refractivity contribution in [3.63, 3.8) is 0 Å². The summed E-state index contributed by atoms with van der Waals surface area (Å²) in [6.45, 7) is 0. The van der Waals surface area contributed by atoms with Gasteiger partial charge in [0.1, 0.15) is 0 Å². The molecule has 0 fully saturated rings. The summed E-state index contributed by atoms with van der Waals surface area (Å²) in [5, 5.41) is 18.4. The van der Waals surface area contributed by atoms with E-state index in [4.69, 9.17) is 0 Å². The van der Waals surface area contributed by atoms with E-state index in [9.17, 15) is 10.0 Å². The highest BCUT2D eigenvalue weighted by Crippen LogP contribution is 2.23. The first-order valence-corrected chi connectivity index (χ1v) is 7.57. The van der Waals surface area contributed by atoms with Crippen LogP contribution >= 0.6 is 0 Å². The molecule has 0 amide bonds. The zero-order valence-corrected chi connectivity index (χ0v) is 12.7. The van der Waals surface area contributed by atoms with E-state index in [0.29, 0.717) is 11.2 Å². The van der Waals surface area contributed by atoms with Crippen LogP contribution in [0, 0.1) is 0 Å². The van der Waals surface area contributed by atoms with Crippen LogP contribution < -0.4 is 5.46 Å². The molecule has 5 nitrogen and oxygen atoms in total. The molecule has 0 aliphatic heterocycles. The Morgan fingerprint density at radius 3 is 2.17 bits per heavy atom. The van der Waals surface area contributed by atoms with Gasteiger partial charge in [0.05, 0.1) is 11.9 Å².